The summed E-state index contributed by atoms with van der Waals surface area (Å²) in [5.41, 5.74) is 1.83. The lowest BCUT2D eigenvalue weighted by Gasteiger charge is -2.62. The lowest BCUT2D eigenvalue weighted by atomic mass is 9.44. The molecule has 1 aromatic carbocycles. The number of fused-ring (bicyclic) bond motifs is 4. The van der Waals surface area contributed by atoms with Gasteiger partial charge in [0.25, 0.3) is 0 Å². The zero-order chi connectivity index (χ0) is 26.7. The lowest BCUT2D eigenvalue weighted by molar-refractivity contribution is -0.141. The largest absolute Gasteiger partial charge is 0.497 e. The predicted molar refractivity (Wildman–Crippen MR) is 147 cm³/mol. The first kappa shape index (κ1) is 26.6. The van der Waals surface area contributed by atoms with Crippen molar-refractivity contribution in [1.29, 1.82) is 0 Å². The Morgan fingerprint density at radius 2 is 1.38 bits per heavy atom. The molecule has 5 heteroatoms. The number of methoxy groups -OCH3 is 1. The fourth-order valence-corrected chi connectivity index (χ4v) is 8.77. The van der Waals surface area contributed by atoms with Crippen molar-refractivity contribution in [3.63, 3.8) is 0 Å². The molecule has 0 heterocycles. The van der Waals surface area contributed by atoms with Crippen molar-refractivity contribution in [3.8, 4) is 5.75 Å². The molecule has 1 aromatic rings. The molecule has 204 valence electrons. The maximum absolute atomic E-state index is 13.7. The summed E-state index contributed by atoms with van der Waals surface area (Å²) in [7, 11) is 1.66. The highest BCUT2D eigenvalue weighted by Crippen LogP contribution is 2.62. The molecule has 6 fully saturated rings. The third-order valence-electron chi connectivity index (χ3n) is 11.8. The standard InChI is InChI=1S/C32H48N2O3/c1-18-25-14-22(31(25,3)4)16-27(18)33-29(35)13-21(12-20-8-10-24(37-7)11-9-20)30(36)34-28-17-23-15-26(19(28)2)32(23,5)6/h8-11,18-19,21-23,25-28H,12-17H2,1-7H3,(H,33,35)(H,34,36)/t18-,19-,21?,22+,23+,25-,26-,27-,28-/m1/s1. The van der Waals surface area contributed by atoms with E-state index >= 15 is 0 Å². The van der Waals surface area contributed by atoms with Gasteiger partial charge in [0.05, 0.1) is 13.0 Å². The second-order valence-corrected chi connectivity index (χ2v) is 14.2. The summed E-state index contributed by atoms with van der Waals surface area (Å²) in [6, 6.07) is 8.31. The van der Waals surface area contributed by atoms with Crippen molar-refractivity contribution in [2.75, 3.05) is 7.11 Å². The zero-order valence-corrected chi connectivity index (χ0v) is 24.0. The number of hydrogen-bond acceptors (Lipinski definition) is 3. The van der Waals surface area contributed by atoms with Crippen molar-refractivity contribution < 1.29 is 14.3 Å². The summed E-state index contributed by atoms with van der Waals surface area (Å²) in [6.45, 7) is 14.1. The van der Waals surface area contributed by atoms with E-state index in [-0.39, 0.29) is 36.2 Å². The van der Waals surface area contributed by atoms with Gasteiger partial charge in [0.15, 0.2) is 0 Å². The van der Waals surface area contributed by atoms with Crippen LogP contribution in [0.3, 0.4) is 0 Å². The van der Waals surface area contributed by atoms with Crippen LogP contribution in [-0.4, -0.2) is 31.0 Å². The summed E-state index contributed by atoms with van der Waals surface area (Å²) < 4.78 is 5.31. The fraction of sp³-hybridized carbons (Fsp3) is 0.750. The van der Waals surface area contributed by atoms with Crippen molar-refractivity contribution in [3.05, 3.63) is 29.8 Å². The summed E-state index contributed by atoms with van der Waals surface area (Å²) in [6.07, 6.45) is 5.48. The minimum atomic E-state index is -0.378. The van der Waals surface area contributed by atoms with E-state index in [2.05, 4.69) is 52.2 Å². The Labute approximate surface area is 223 Å². The second-order valence-electron chi connectivity index (χ2n) is 14.2. The maximum Gasteiger partial charge on any atom is 0.224 e. The van der Waals surface area contributed by atoms with Crippen LogP contribution in [0.1, 0.15) is 79.2 Å². The van der Waals surface area contributed by atoms with Gasteiger partial charge in [0, 0.05) is 18.5 Å². The Bertz CT molecular complexity index is 1020. The quantitative estimate of drug-likeness (QED) is 0.479. The number of hydrogen-bond donors (Lipinski definition) is 2. The highest BCUT2D eigenvalue weighted by atomic mass is 16.5. The number of carbonyl (C=O) groups excluding carboxylic acids is 2. The van der Waals surface area contributed by atoms with E-state index in [4.69, 9.17) is 4.74 Å². The number of ether oxygens (including phenoxy) is 1. The molecule has 2 N–H and O–H groups in total. The average molecular weight is 509 g/mol. The fourth-order valence-electron chi connectivity index (χ4n) is 8.77. The number of nitrogens with one attached hydrogen (secondary N) is 2. The minimum absolute atomic E-state index is 0.0188. The highest BCUT2D eigenvalue weighted by molar-refractivity contribution is 5.86. The molecule has 4 bridgehead atoms. The molecule has 0 radical (unpaired) electrons. The topological polar surface area (TPSA) is 67.4 Å². The van der Waals surface area contributed by atoms with E-state index in [1.165, 1.54) is 12.8 Å². The first-order chi connectivity index (χ1) is 17.4. The van der Waals surface area contributed by atoms with E-state index in [0.29, 0.717) is 52.8 Å². The van der Waals surface area contributed by atoms with Crippen molar-refractivity contribution in [1.82, 2.24) is 10.6 Å². The molecule has 0 saturated heterocycles. The average Bonchev–Trinajstić information content (AvgIpc) is 2.85. The minimum Gasteiger partial charge on any atom is -0.497 e. The van der Waals surface area contributed by atoms with E-state index in [1.54, 1.807) is 7.11 Å². The number of amides is 2. The SMILES string of the molecule is COc1ccc(CC(CC(=O)N[C@@H]2C[C@@H]3C[C@H]([C@H]2C)C3(C)C)C(=O)N[C@@H]2C[C@@H]3C[C@H]([C@H]2C)C3(C)C)cc1. The van der Waals surface area contributed by atoms with Gasteiger partial charge in [-0.05, 0) is 96.1 Å². The monoisotopic (exact) mass is 508 g/mol. The second kappa shape index (κ2) is 9.61. The summed E-state index contributed by atoms with van der Waals surface area (Å²) in [5.74, 6) is 4.15. The van der Waals surface area contributed by atoms with Crippen LogP contribution in [0.15, 0.2) is 24.3 Å². The number of carbonyl (C=O) groups is 2. The Morgan fingerprint density at radius 3 is 1.84 bits per heavy atom. The van der Waals surface area contributed by atoms with Gasteiger partial charge in [0.1, 0.15) is 5.75 Å². The lowest BCUT2D eigenvalue weighted by Crippen LogP contribution is -2.61. The van der Waals surface area contributed by atoms with E-state index in [9.17, 15) is 9.59 Å². The van der Waals surface area contributed by atoms with Crippen molar-refractivity contribution in [2.45, 2.75) is 92.2 Å². The molecule has 6 saturated carbocycles. The molecule has 2 amide bonds. The van der Waals surface area contributed by atoms with Gasteiger partial charge >= 0.3 is 0 Å². The predicted octanol–water partition coefficient (Wildman–Crippen LogP) is 5.62. The van der Waals surface area contributed by atoms with Crippen LogP contribution in [0.5, 0.6) is 5.75 Å². The smallest absolute Gasteiger partial charge is 0.224 e. The first-order valence-electron chi connectivity index (χ1n) is 14.6. The van der Waals surface area contributed by atoms with Crippen LogP contribution >= 0.6 is 0 Å². The molecular weight excluding hydrogens is 460 g/mol. The van der Waals surface area contributed by atoms with Crippen LogP contribution in [0, 0.1) is 52.3 Å². The normalized spacial score (nSPS) is 37.4. The molecule has 9 atom stereocenters. The Hall–Kier alpha value is -2.04. The molecular formula is C32H48N2O3. The van der Waals surface area contributed by atoms with E-state index < -0.39 is 0 Å². The number of rotatable bonds is 8. The molecule has 0 spiro atoms. The van der Waals surface area contributed by atoms with Gasteiger partial charge in [-0.15, -0.1) is 0 Å². The van der Waals surface area contributed by atoms with Crippen LogP contribution in [0.4, 0.5) is 0 Å². The molecule has 5 nitrogen and oxygen atoms in total. The zero-order valence-electron chi connectivity index (χ0n) is 24.0. The van der Waals surface area contributed by atoms with E-state index in [1.807, 2.05) is 24.3 Å². The van der Waals surface area contributed by atoms with Crippen LogP contribution in [0.25, 0.3) is 0 Å². The van der Waals surface area contributed by atoms with Crippen LogP contribution in [0.2, 0.25) is 0 Å². The van der Waals surface area contributed by atoms with Crippen LogP contribution in [-0.2, 0) is 16.0 Å². The van der Waals surface area contributed by atoms with Crippen molar-refractivity contribution >= 4 is 11.8 Å². The summed E-state index contributed by atoms with van der Waals surface area (Å²) in [4.78, 5) is 27.0. The summed E-state index contributed by atoms with van der Waals surface area (Å²) >= 11 is 0. The first-order valence-corrected chi connectivity index (χ1v) is 14.6. The Balaban J connectivity index is 1.25. The Kier molecular flexibility index (Phi) is 6.90. The molecule has 1 unspecified atom stereocenters. The van der Waals surface area contributed by atoms with Gasteiger partial charge in [-0.25, -0.2) is 0 Å². The van der Waals surface area contributed by atoms with Gasteiger partial charge in [-0.2, -0.15) is 0 Å². The molecule has 0 aliphatic heterocycles. The highest BCUT2D eigenvalue weighted by Gasteiger charge is 2.57. The summed E-state index contributed by atoms with van der Waals surface area (Å²) in [5, 5.41) is 6.76. The molecule has 6 aliphatic rings. The Morgan fingerprint density at radius 1 is 0.865 bits per heavy atom. The van der Waals surface area contributed by atoms with Gasteiger partial charge in [-0.1, -0.05) is 53.7 Å². The van der Waals surface area contributed by atoms with Gasteiger partial charge in [-0.3, -0.25) is 9.59 Å². The van der Waals surface area contributed by atoms with Crippen molar-refractivity contribution in [2.24, 2.45) is 52.3 Å². The maximum atomic E-state index is 13.7. The van der Waals surface area contributed by atoms with Gasteiger partial charge < -0.3 is 15.4 Å². The molecule has 7 rings (SSSR count). The molecule has 0 aromatic heterocycles. The molecule has 37 heavy (non-hydrogen) atoms. The van der Waals surface area contributed by atoms with Crippen LogP contribution < -0.4 is 15.4 Å². The van der Waals surface area contributed by atoms with Gasteiger partial charge in [0.2, 0.25) is 11.8 Å². The number of benzene rings is 1. The molecule has 6 aliphatic carbocycles. The third-order valence-corrected chi connectivity index (χ3v) is 11.8. The third kappa shape index (κ3) is 4.69. The van der Waals surface area contributed by atoms with E-state index in [0.717, 1.165) is 24.2 Å².